The number of hydrogen-bond acceptors (Lipinski definition) is 7. The second-order valence-electron chi connectivity index (χ2n) is 8.41. The Morgan fingerprint density at radius 2 is 1.95 bits per heavy atom. The van der Waals surface area contributed by atoms with Crippen LogP contribution in [0.25, 0.3) is 0 Å². The topological polar surface area (TPSA) is 140 Å². The number of anilines is 1. The number of nitrogens with two attached hydrogens (primary N) is 1. The van der Waals surface area contributed by atoms with E-state index in [0.717, 1.165) is 18.6 Å². The van der Waals surface area contributed by atoms with Gasteiger partial charge in [-0.05, 0) is 48.3 Å². The minimum Gasteiger partial charge on any atom is -0.475 e. The zero-order valence-corrected chi connectivity index (χ0v) is 21.8. The van der Waals surface area contributed by atoms with Crippen LogP contribution in [0.5, 0.6) is 5.88 Å². The Kier molecular flexibility index (Phi) is 10.6. The maximum Gasteiger partial charge on any atom is 0.490 e. The summed E-state index contributed by atoms with van der Waals surface area (Å²) in [6.45, 7) is 4.73. The maximum absolute atomic E-state index is 13.9. The van der Waals surface area contributed by atoms with Crippen LogP contribution in [0.3, 0.4) is 0 Å². The molecule has 1 unspecified atom stereocenters. The molecule has 10 nitrogen and oxygen atoms in total. The number of carbonyl (C=O) groups excluding carboxylic acids is 1. The molecule has 3 rings (SSSR count). The number of nitrogens with one attached hydrogen (secondary N) is 1. The van der Waals surface area contributed by atoms with Crippen molar-refractivity contribution in [2.75, 3.05) is 24.5 Å². The van der Waals surface area contributed by atoms with Crippen molar-refractivity contribution in [1.82, 2.24) is 14.9 Å². The van der Waals surface area contributed by atoms with Gasteiger partial charge in [-0.25, -0.2) is 13.6 Å². The molecule has 0 bridgehead atoms. The highest BCUT2D eigenvalue weighted by Crippen LogP contribution is 2.28. The summed E-state index contributed by atoms with van der Waals surface area (Å²) in [5.41, 5.74) is 5.00. The highest BCUT2D eigenvalue weighted by atomic mass is 79.9. The molecule has 1 saturated heterocycles. The quantitative estimate of drug-likeness (QED) is 0.386. The van der Waals surface area contributed by atoms with E-state index in [4.69, 9.17) is 20.4 Å². The number of halogens is 6. The summed E-state index contributed by atoms with van der Waals surface area (Å²) in [6.07, 6.45) is -4.34. The van der Waals surface area contributed by atoms with Crippen molar-refractivity contribution in [3.63, 3.8) is 0 Å². The van der Waals surface area contributed by atoms with Crippen molar-refractivity contribution in [3.8, 4) is 5.88 Å². The van der Waals surface area contributed by atoms with E-state index in [1.165, 1.54) is 6.07 Å². The predicted octanol–water partition coefficient (Wildman–Crippen LogP) is 2.73. The largest absolute Gasteiger partial charge is 0.490 e. The van der Waals surface area contributed by atoms with Crippen LogP contribution in [-0.4, -0.2) is 58.4 Å². The summed E-state index contributed by atoms with van der Waals surface area (Å²) in [5, 5.41) is 10.2. The fraction of sp³-hybridized carbons (Fsp3) is 0.455. The molecule has 2 heterocycles. The van der Waals surface area contributed by atoms with Crippen molar-refractivity contribution in [2.45, 2.75) is 45.1 Å². The molecule has 0 saturated carbocycles. The number of aliphatic carboxylic acids is 1. The number of carboxylic acids is 1. The smallest absolute Gasteiger partial charge is 0.475 e. The van der Waals surface area contributed by atoms with Crippen molar-refractivity contribution in [3.05, 3.63) is 50.2 Å². The summed E-state index contributed by atoms with van der Waals surface area (Å²) in [6, 6.07) is 3.03. The number of carbonyl (C=O) groups is 2. The minimum absolute atomic E-state index is 0.0198. The fourth-order valence-electron chi connectivity index (χ4n) is 3.40. The van der Waals surface area contributed by atoms with Crippen LogP contribution >= 0.6 is 15.9 Å². The molecule has 1 fully saturated rings. The molecule has 1 aromatic heterocycles. The Hall–Kier alpha value is -3.27. The number of hydrogen-bond donors (Lipinski definition) is 3. The Bertz CT molecular complexity index is 1220. The molecule has 1 aliphatic rings. The van der Waals surface area contributed by atoms with E-state index in [0.29, 0.717) is 19.0 Å². The Labute approximate surface area is 221 Å². The van der Waals surface area contributed by atoms with Gasteiger partial charge in [0.05, 0.1) is 6.54 Å². The second-order valence-corrected chi connectivity index (χ2v) is 9.20. The third-order valence-electron chi connectivity index (χ3n) is 5.19. The monoisotopic (exact) mass is 613 g/mol. The van der Waals surface area contributed by atoms with Crippen molar-refractivity contribution in [2.24, 2.45) is 5.73 Å². The molecule has 16 heteroatoms. The molecule has 1 amide bonds. The first-order chi connectivity index (χ1) is 17.6. The molecule has 210 valence electrons. The van der Waals surface area contributed by atoms with Crippen LogP contribution in [0.4, 0.5) is 27.9 Å². The van der Waals surface area contributed by atoms with Gasteiger partial charge in [-0.15, -0.1) is 0 Å². The number of ether oxygens (including phenoxy) is 1. The number of carboxylic acid groups (broad SMARTS) is 1. The normalized spacial score (nSPS) is 15.3. The van der Waals surface area contributed by atoms with Crippen LogP contribution in [-0.2, 0) is 16.2 Å². The summed E-state index contributed by atoms with van der Waals surface area (Å²) in [5.74, 6) is -4.18. The van der Waals surface area contributed by atoms with Gasteiger partial charge in [0.25, 0.3) is 5.56 Å². The number of rotatable bonds is 8. The zero-order valence-electron chi connectivity index (χ0n) is 20.2. The predicted molar refractivity (Wildman–Crippen MR) is 129 cm³/mol. The van der Waals surface area contributed by atoms with Gasteiger partial charge in [0.2, 0.25) is 17.7 Å². The second kappa shape index (κ2) is 13.0. The standard InChI is InChI=1S/C20H24BrF2N5O3.C2HF3O2/c1-11(2)28-19(30)17(21)18(31-10-12-3-4-13(22)7-15(12)23)26-20(28)27-6-5-14(9-27)25-8-16(24)29;3-2(4,5)1(6)7/h3-4,7,11,14,25H,5-6,8-10H2,1-2H3,(H2,24,29);(H,6,7). The first-order valence-electron chi connectivity index (χ1n) is 11.1. The van der Waals surface area contributed by atoms with E-state index < -0.39 is 29.7 Å². The zero-order chi connectivity index (χ0) is 28.8. The van der Waals surface area contributed by atoms with Gasteiger partial charge in [0.15, 0.2) is 0 Å². The first kappa shape index (κ1) is 31.0. The maximum atomic E-state index is 13.9. The van der Waals surface area contributed by atoms with Crippen molar-refractivity contribution < 1.29 is 41.4 Å². The number of aromatic nitrogens is 2. The van der Waals surface area contributed by atoms with Gasteiger partial charge in [-0.1, -0.05) is 0 Å². The first-order valence-corrected chi connectivity index (χ1v) is 11.9. The SMILES string of the molecule is CC(C)n1c(N2CCC(NCC(N)=O)C2)nc(OCc2ccc(F)cc2F)c(Br)c1=O.O=C(O)C(F)(F)F. The van der Waals surface area contributed by atoms with E-state index in [1.807, 2.05) is 18.7 Å². The van der Waals surface area contributed by atoms with Gasteiger partial charge in [-0.2, -0.15) is 18.2 Å². The van der Waals surface area contributed by atoms with Crippen LogP contribution in [0, 0.1) is 11.6 Å². The molecule has 0 radical (unpaired) electrons. The molecule has 0 aliphatic carbocycles. The van der Waals surface area contributed by atoms with Gasteiger partial charge < -0.3 is 25.8 Å². The number of nitrogens with zero attached hydrogens (tertiary/aromatic N) is 3. The summed E-state index contributed by atoms with van der Waals surface area (Å²) in [7, 11) is 0. The average Bonchev–Trinajstić information content (AvgIpc) is 3.28. The Morgan fingerprint density at radius 1 is 1.32 bits per heavy atom. The minimum atomic E-state index is -5.08. The Morgan fingerprint density at radius 3 is 2.47 bits per heavy atom. The molecular weight excluding hydrogens is 589 g/mol. The van der Waals surface area contributed by atoms with E-state index in [2.05, 4.69) is 26.2 Å². The molecular formula is C22H25BrF5N5O5. The van der Waals surface area contributed by atoms with Crippen LogP contribution in [0.2, 0.25) is 0 Å². The van der Waals surface area contributed by atoms with E-state index in [-0.39, 0.29) is 46.7 Å². The number of amides is 1. The molecule has 38 heavy (non-hydrogen) atoms. The number of primary amides is 1. The van der Waals surface area contributed by atoms with Crippen LogP contribution < -0.4 is 26.2 Å². The van der Waals surface area contributed by atoms with Gasteiger partial charge in [-0.3, -0.25) is 14.2 Å². The third kappa shape index (κ3) is 8.37. The van der Waals surface area contributed by atoms with Crippen LogP contribution in [0.15, 0.2) is 27.5 Å². The fourth-order valence-corrected chi connectivity index (χ4v) is 3.80. The third-order valence-corrected chi connectivity index (χ3v) is 5.86. The molecule has 0 spiro atoms. The van der Waals surface area contributed by atoms with Crippen molar-refractivity contribution >= 4 is 33.8 Å². The lowest BCUT2D eigenvalue weighted by atomic mass is 10.2. The van der Waals surface area contributed by atoms with Crippen molar-refractivity contribution in [1.29, 1.82) is 0 Å². The number of alkyl halides is 3. The van der Waals surface area contributed by atoms with Crippen LogP contribution in [0.1, 0.15) is 31.9 Å². The highest BCUT2D eigenvalue weighted by Gasteiger charge is 2.38. The Balaban J connectivity index is 0.000000638. The number of benzene rings is 1. The van der Waals surface area contributed by atoms with Gasteiger partial charge >= 0.3 is 12.1 Å². The van der Waals surface area contributed by atoms with E-state index in [1.54, 1.807) is 4.57 Å². The summed E-state index contributed by atoms with van der Waals surface area (Å²) >= 11 is 3.24. The average molecular weight is 614 g/mol. The highest BCUT2D eigenvalue weighted by molar-refractivity contribution is 9.10. The van der Waals surface area contributed by atoms with Gasteiger partial charge in [0.1, 0.15) is 22.7 Å². The molecule has 1 aliphatic heterocycles. The molecule has 4 N–H and O–H groups in total. The molecule has 1 atom stereocenters. The van der Waals surface area contributed by atoms with Gasteiger partial charge in [0, 0.05) is 36.8 Å². The summed E-state index contributed by atoms with van der Waals surface area (Å²) < 4.78 is 66.1. The lowest BCUT2D eigenvalue weighted by molar-refractivity contribution is -0.192. The van der Waals surface area contributed by atoms with E-state index in [9.17, 15) is 31.5 Å². The summed E-state index contributed by atoms with van der Waals surface area (Å²) in [4.78, 5) is 39.4. The molecule has 1 aromatic carbocycles. The molecule has 2 aromatic rings. The lowest BCUT2D eigenvalue weighted by Gasteiger charge is -2.25. The van der Waals surface area contributed by atoms with E-state index >= 15 is 0 Å². The lowest BCUT2D eigenvalue weighted by Crippen LogP contribution is -2.39.